The van der Waals surface area contributed by atoms with Crippen molar-refractivity contribution in [1.29, 1.82) is 0 Å². The summed E-state index contributed by atoms with van der Waals surface area (Å²) in [6, 6.07) is 5.48. The van der Waals surface area contributed by atoms with E-state index in [1.54, 1.807) is 0 Å². The minimum Gasteiger partial charge on any atom is -0.550 e. The Morgan fingerprint density at radius 1 is 1.12 bits per heavy atom. The summed E-state index contributed by atoms with van der Waals surface area (Å²) in [6.07, 6.45) is 8.82. The molecule has 0 amide bonds. The van der Waals surface area contributed by atoms with E-state index in [0.717, 1.165) is 13.5 Å². The van der Waals surface area contributed by atoms with Gasteiger partial charge < -0.3 is 20.1 Å². The van der Waals surface area contributed by atoms with Crippen molar-refractivity contribution in [3.05, 3.63) is 54.1 Å². The van der Waals surface area contributed by atoms with Gasteiger partial charge in [-0.1, -0.05) is 25.5 Å². The molecule has 0 radical (unpaired) electrons. The molecule has 2 aromatic rings. The Morgan fingerprint density at radius 2 is 1.58 bits per heavy atom. The Hall–Kier alpha value is -3.16. The van der Waals surface area contributed by atoms with Crippen LogP contribution < -0.4 is 9.67 Å². The fourth-order valence-electron chi connectivity index (χ4n) is 1.83. The summed E-state index contributed by atoms with van der Waals surface area (Å²) in [5.41, 5.74) is -0.380. The van der Waals surface area contributed by atoms with Crippen molar-refractivity contribution in [2.24, 2.45) is 7.05 Å². The van der Waals surface area contributed by atoms with Gasteiger partial charge in [0.1, 0.15) is 12.4 Å². The van der Waals surface area contributed by atoms with Crippen LogP contribution in [0.5, 0.6) is 0 Å². The lowest BCUT2D eigenvalue weighted by molar-refractivity contribution is -0.696. The molecular weight excluding hydrogens is 340 g/mol. The van der Waals surface area contributed by atoms with E-state index >= 15 is 0 Å². The zero-order chi connectivity index (χ0) is 20.1. The minimum atomic E-state index is -1.23. The number of rotatable bonds is 5. The van der Waals surface area contributed by atoms with Gasteiger partial charge in [0, 0.05) is 5.97 Å². The van der Waals surface area contributed by atoms with Crippen LogP contribution in [0.1, 0.15) is 47.4 Å². The highest BCUT2D eigenvalue weighted by molar-refractivity contribution is 6.01. The lowest BCUT2D eigenvalue weighted by atomic mass is 10.1. The molecular formula is C18H24N2O6. The first kappa shape index (κ1) is 22.8. The molecule has 0 aliphatic rings. The van der Waals surface area contributed by atoms with Crippen molar-refractivity contribution in [3.8, 4) is 0 Å². The van der Waals surface area contributed by atoms with E-state index < -0.39 is 17.9 Å². The molecule has 0 aliphatic heterocycles. The highest BCUT2D eigenvalue weighted by Gasteiger charge is 2.13. The second-order valence-electron chi connectivity index (χ2n) is 5.32. The zero-order valence-electron chi connectivity index (χ0n) is 15.1. The first-order valence-corrected chi connectivity index (χ1v) is 7.93. The maximum absolute atomic E-state index is 10.5. The Balaban J connectivity index is 0.000000405. The van der Waals surface area contributed by atoms with E-state index in [1.165, 1.54) is 37.1 Å². The van der Waals surface area contributed by atoms with Crippen molar-refractivity contribution in [2.75, 3.05) is 0 Å². The standard InChI is InChI=1S/C8H15N2.C8H6O4.C2H4O2/c1-3-4-5-10-7-6-9(2)8-10;9-7(10)5-3-1-2-4-6(5)8(11)12;1-2(3)4/h6-8H,3-5H2,1-2H3;1-4H,(H,9,10)(H,11,12);1H3,(H,3,4)/q+1;;/p-1. The number of aliphatic carboxylic acids is 1. The van der Waals surface area contributed by atoms with Crippen LogP contribution in [-0.2, 0) is 18.4 Å². The number of carbonyl (C=O) groups excluding carboxylic acids is 1. The smallest absolute Gasteiger partial charge is 0.336 e. The molecule has 1 aromatic carbocycles. The number of hydrogen-bond acceptors (Lipinski definition) is 4. The maximum atomic E-state index is 10.5. The van der Waals surface area contributed by atoms with Gasteiger partial charge in [0.2, 0.25) is 6.33 Å². The number of hydrogen-bond donors (Lipinski definition) is 2. The van der Waals surface area contributed by atoms with Gasteiger partial charge in [0.25, 0.3) is 0 Å². The second kappa shape index (κ2) is 12.2. The normalized spacial score (nSPS) is 9.19. The number of aromatic carboxylic acids is 2. The van der Waals surface area contributed by atoms with Crippen LogP contribution in [0.4, 0.5) is 0 Å². The highest BCUT2D eigenvalue weighted by Crippen LogP contribution is 2.07. The van der Waals surface area contributed by atoms with Gasteiger partial charge in [0.15, 0.2) is 0 Å². The van der Waals surface area contributed by atoms with Crippen LogP contribution in [0.2, 0.25) is 0 Å². The van der Waals surface area contributed by atoms with Gasteiger partial charge in [-0.3, -0.25) is 0 Å². The van der Waals surface area contributed by atoms with Crippen molar-refractivity contribution < 1.29 is 34.3 Å². The van der Waals surface area contributed by atoms with Gasteiger partial charge in [-0.05, 0) is 25.5 Å². The summed E-state index contributed by atoms with van der Waals surface area (Å²) in [6.45, 7) is 4.33. The number of unbranched alkanes of at least 4 members (excludes halogenated alkanes) is 1. The molecule has 8 heteroatoms. The first-order valence-electron chi connectivity index (χ1n) is 7.93. The Bertz CT molecular complexity index is 687. The average molecular weight is 364 g/mol. The lowest BCUT2D eigenvalue weighted by Gasteiger charge is -1.98. The number of carboxylic acids is 3. The average Bonchev–Trinajstić information content (AvgIpc) is 2.98. The van der Waals surface area contributed by atoms with E-state index in [-0.39, 0.29) is 11.1 Å². The molecule has 0 saturated carbocycles. The number of carboxylic acid groups (broad SMARTS) is 3. The number of benzene rings is 1. The molecule has 142 valence electrons. The minimum absolute atomic E-state index is 0.190. The van der Waals surface area contributed by atoms with Crippen LogP contribution >= 0.6 is 0 Å². The molecule has 0 atom stereocenters. The molecule has 1 aromatic heterocycles. The summed E-state index contributed by atoms with van der Waals surface area (Å²) in [4.78, 5) is 29.8. The maximum Gasteiger partial charge on any atom is 0.336 e. The van der Waals surface area contributed by atoms with Crippen LogP contribution in [0.25, 0.3) is 0 Å². The summed E-state index contributed by atoms with van der Waals surface area (Å²) in [7, 11) is 2.04. The number of aryl methyl sites for hydroxylation is 2. The van der Waals surface area contributed by atoms with Crippen molar-refractivity contribution in [1.82, 2.24) is 4.57 Å². The molecule has 2 N–H and O–H groups in total. The third kappa shape index (κ3) is 9.86. The Morgan fingerprint density at radius 3 is 1.88 bits per heavy atom. The molecule has 0 bridgehead atoms. The molecule has 0 unspecified atom stereocenters. The van der Waals surface area contributed by atoms with E-state index in [4.69, 9.17) is 20.1 Å². The number of nitrogens with zero attached hydrogens (tertiary/aromatic N) is 2. The second-order valence-corrected chi connectivity index (χ2v) is 5.32. The van der Waals surface area contributed by atoms with Crippen LogP contribution in [-0.4, -0.2) is 32.7 Å². The highest BCUT2D eigenvalue weighted by atomic mass is 16.4. The third-order valence-corrected chi connectivity index (χ3v) is 2.98. The SMILES string of the molecule is CC(=O)[O-].CCCC[n+]1ccn(C)c1.O=C(O)c1ccccc1C(=O)O. The molecule has 1 heterocycles. The number of aromatic nitrogens is 2. The van der Waals surface area contributed by atoms with E-state index in [0.29, 0.717) is 0 Å². The van der Waals surface area contributed by atoms with Crippen LogP contribution in [0.3, 0.4) is 0 Å². The molecule has 8 nitrogen and oxygen atoms in total. The largest absolute Gasteiger partial charge is 0.550 e. The van der Waals surface area contributed by atoms with Crippen LogP contribution in [0, 0.1) is 0 Å². The van der Waals surface area contributed by atoms with Crippen LogP contribution in [0.15, 0.2) is 43.0 Å². The molecule has 0 aliphatic carbocycles. The fraction of sp³-hybridized carbons (Fsp3) is 0.333. The van der Waals surface area contributed by atoms with Crippen molar-refractivity contribution in [3.63, 3.8) is 0 Å². The summed E-state index contributed by atoms with van der Waals surface area (Å²) < 4.78 is 4.28. The topological polar surface area (TPSA) is 124 Å². The number of carbonyl (C=O) groups is 3. The van der Waals surface area contributed by atoms with E-state index in [9.17, 15) is 9.59 Å². The lowest BCUT2D eigenvalue weighted by Crippen LogP contribution is -2.30. The Labute approximate surface area is 152 Å². The summed E-state index contributed by atoms with van der Waals surface area (Å²) in [5, 5.41) is 26.0. The molecule has 2 rings (SSSR count). The van der Waals surface area contributed by atoms with E-state index in [1.807, 2.05) is 7.05 Å². The fourth-order valence-corrected chi connectivity index (χ4v) is 1.83. The molecule has 26 heavy (non-hydrogen) atoms. The predicted octanol–water partition coefficient (Wildman–Crippen LogP) is 0.952. The van der Waals surface area contributed by atoms with E-state index in [2.05, 4.69) is 34.8 Å². The van der Waals surface area contributed by atoms with Gasteiger partial charge in [0.05, 0.1) is 24.7 Å². The first-order chi connectivity index (χ1) is 12.2. The monoisotopic (exact) mass is 364 g/mol. The summed E-state index contributed by atoms with van der Waals surface area (Å²) in [5.74, 6) is -3.54. The molecule has 0 spiro atoms. The van der Waals surface area contributed by atoms with Crippen molar-refractivity contribution >= 4 is 17.9 Å². The third-order valence-electron chi connectivity index (χ3n) is 2.98. The van der Waals surface area contributed by atoms with Crippen molar-refractivity contribution in [2.45, 2.75) is 33.2 Å². The quantitative estimate of drug-likeness (QED) is 0.762. The predicted molar refractivity (Wildman–Crippen MR) is 91.6 cm³/mol. The molecule has 0 fully saturated rings. The van der Waals surface area contributed by atoms with Gasteiger partial charge >= 0.3 is 11.9 Å². The molecule has 0 saturated heterocycles. The van der Waals surface area contributed by atoms with Gasteiger partial charge in [-0.25, -0.2) is 18.7 Å². The number of imidazole rings is 1. The van der Waals surface area contributed by atoms with Gasteiger partial charge in [-0.2, -0.15) is 0 Å². The summed E-state index contributed by atoms with van der Waals surface area (Å²) >= 11 is 0. The Kier molecular flexibility index (Phi) is 10.8. The zero-order valence-corrected chi connectivity index (χ0v) is 15.1. The van der Waals surface area contributed by atoms with Gasteiger partial charge in [-0.15, -0.1) is 0 Å².